The Morgan fingerprint density at radius 1 is 1.32 bits per heavy atom. The van der Waals surface area contributed by atoms with E-state index >= 15 is 0 Å². The zero-order chi connectivity index (χ0) is 13.8. The Balaban J connectivity index is 2.28. The van der Waals surface area contributed by atoms with E-state index in [9.17, 15) is 0 Å². The molecule has 0 aliphatic carbocycles. The van der Waals surface area contributed by atoms with Crippen molar-refractivity contribution >= 4 is 17.4 Å². The molecule has 0 fully saturated rings. The number of anilines is 1. The molecule has 1 aromatic heterocycles. The van der Waals surface area contributed by atoms with Crippen LogP contribution in [0.4, 0.5) is 5.82 Å². The number of pyridine rings is 1. The standard InChI is InChI=1S/C15H14ClN3/c1-10-5-3-4-6-13(10)11(2)19-15-14(16)12(9-17)7-8-18-15/h3-8,11H,1-2H3,(H,18,19). The largest absolute Gasteiger partial charge is 0.362 e. The van der Waals surface area contributed by atoms with Crippen LogP contribution in [-0.4, -0.2) is 4.98 Å². The van der Waals surface area contributed by atoms with Crippen molar-refractivity contribution in [1.29, 1.82) is 5.26 Å². The summed E-state index contributed by atoms with van der Waals surface area (Å²) in [6, 6.07) is 11.9. The SMILES string of the molecule is Cc1ccccc1C(C)Nc1nccc(C#N)c1Cl. The lowest BCUT2D eigenvalue weighted by Gasteiger charge is -2.18. The van der Waals surface area contributed by atoms with Gasteiger partial charge in [0.1, 0.15) is 16.9 Å². The lowest BCUT2D eigenvalue weighted by Crippen LogP contribution is -2.10. The van der Waals surface area contributed by atoms with E-state index in [-0.39, 0.29) is 6.04 Å². The molecule has 0 saturated carbocycles. The molecule has 0 radical (unpaired) electrons. The second kappa shape index (κ2) is 5.73. The summed E-state index contributed by atoms with van der Waals surface area (Å²) < 4.78 is 0. The third-order valence-corrected chi connectivity index (χ3v) is 3.40. The van der Waals surface area contributed by atoms with E-state index in [1.54, 1.807) is 12.3 Å². The summed E-state index contributed by atoms with van der Waals surface area (Å²) in [5.41, 5.74) is 2.81. The first kappa shape index (κ1) is 13.4. The molecule has 1 heterocycles. The van der Waals surface area contributed by atoms with Crippen molar-refractivity contribution in [1.82, 2.24) is 4.98 Å². The van der Waals surface area contributed by atoms with Crippen LogP contribution in [0.15, 0.2) is 36.5 Å². The van der Waals surface area contributed by atoms with Gasteiger partial charge in [0, 0.05) is 6.20 Å². The second-order valence-electron chi connectivity index (χ2n) is 4.36. The lowest BCUT2D eigenvalue weighted by atomic mass is 10.0. The number of rotatable bonds is 3. The van der Waals surface area contributed by atoms with Gasteiger partial charge >= 0.3 is 0 Å². The maximum atomic E-state index is 8.95. The molecule has 0 bridgehead atoms. The second-order valence-corrected chi connectivity index (χ2v) is 4.73. The number of hydrogen-bond donors (Lipinski definition) is 1. The maximum absolute atomic E-state index is 8.95. The van der Waals surface area contributed by atoms with Crippen LogP contribution in [0.5, 0.6) is 0 Å². The van der Waals surface area contributed by atoms with E-state index in [1.165, 1.54) is 11.1 Å². The Kier molecular flexibility index (Phi) is 4.03. The third-order valence-electron chi connectivity index (χ3n) is 3.02. The van der Waals surface area contributed by atoms with Crippen LogP contribution >= 0.6 is 11.6 Å². The molecule has 0 aliphatic heterocycles. The Bertz CT molecular complexity index is 632. The minimum atomic E-state index is 0.0696. The third kappa shape index (κ3) is 2.86. The first-order valence-corrected chi connectivity index (χ1v) is 6.38. The van der Waals surface area contributed by atoms with Crippen molar-refractivity contribution in [3.63, 3.8) is 0 Å². The van der Waals surface area contributed by atoms with Crippen molar-refractivity contribution in [2.24, 2.45) is 0 Å². The monoisotopic (exact) mass is 271 g/mol. The molecule has 0 spiro atoms. The van der Waals surface area contributed by atoms with Crippen LogP contribution in [0.1, 0.15) is 29.7 Å². The molecule has 2 rings (SSSR count). The number of aromatic nitrogens is 1. The minimum Gasteiger partial charge on any atom is -0.362 e. The number of aryl methyl sites for hydroxylation is 1. The van der Waals surface area contributed by atoms with Crippen molar-refractivity contribution in [2.75, 3.05) is 5.32 Å². The number of nitriles is 1. The molecule has 0 aliphatic rings. The van der Waals surface area contributed by atoms with Crippen molar-refractivity contribution in [3.05, 3.63) is 58.2 Å². The predicted molar refractivity (Wildman–Crippen MR) is 77.2 cm³/mol. The Labute approximate surface area is 117 Å². The number of hydrogen-bond acceptors (Lipinski definition) is 3. The quantitative estimate of drug-likeness (QED) is 0.915. The topological polar surface area (TPSA) is 48.7 Å². The molecule has 1 aromatic carbocycles. The molecular formula is C15H14ClN3. The van der Waals surface area contributed by atoms with E-state index in [2.05, 4.69) is 29.4 Å². The van der Waals surface area contributed by atoms with E-state index in [4.69, 9.17) is 16.9 Å². The van der Waals surface area contributed by atoms with Gasteiger partial charge < -0.3 is 5.32 Å². The lowest BCUT2D eigenvalue weighted by molar-refractivity contribution is 0.865. The van der Waals surface area contributed by atoms with E-state index in [0.717, 1.165) is 0 Å². The molecule has 4 heteroatoms. The zero-order valence-corrected chi connectivity index (χ0v) is 11.6. The number of nitrogens with one attached hydrogen (secondary N) is 1. The van der Waals surface area contributed by atoms with Crippen molar-refractivity contribution in [2.45, 2.75) is 19.9 Å². The average molecular weight is 272 g/mol. The highest BCUT2D eigenvalue weighted by Crippen LogP contribution is 2.27. The maximum Gasteiger partial charge on any atom is 0.146 e. The van der Waals surface area contributed by atoms with Crippen LogP contribution < -0.4 is 5.32 Å². The summed E-state index contributed by atoms with van der Waals surface area (Å²) in [5, 5.41) is 12.6. The minimum absolute atomic E-state index is 0.0696. The number of benzene rings is 1. The first-order chi connectivity index (χ1) is 9.13. The van der Waals surface area contributed by atoms with Crippen molar-refractivity contribution in [3.8, 4) is 6.07 Å². The van der Waals surface area contributed by atoms with Crippen LogP contribution in [0.25, 0.3) is 0 Å². The first-order valence-electron chi connectivity index (χ1n) is 6.00. The molecule has 96 valence electrons. The van der Waals surface area contributed by atoms with E-state index < -0.39 is 0 Å². The Morgan fingerprint density at radius 3 is 2.74 bits per heavy atom. The van der Waals surface area contributed by atoms with Gasteiger partial charge in [-0.05, 0) is 31.0 Å². The van der Waals surface area contributed by atoms with Gasteiger partial charge in [0.05, 0.1) is 11.6 Å². The summed E-state index contributed by atoms with van der Waals surface area (Å²) >= 11 is 6.13. The van der Waals surface area contributed by atoms with Gasteiger partial charge in [0.25, 0.3) is 0 Å². The smallest absolute Gasteiger partial charge is 0.146 e. The highest BCUT2D eigenvalue weighted by atomic mass is 35.5. The number of halogens is 1. The highest BCUT2D eigenvalue weighted by molar-refractivity contribution is 6.34. The van der Waals surface area contributed by atoms with Crippen LogP contribution in [-0.2, 0) is 0 Å². The number of nitrogens with zero attached hydrogens (tertiary/aromatic N) is 2. The normalized spacial score (nSPS) is 11.7. The Morgan fingerprint density at radius 2 is 2.05 bits per heavy atom. The van der Waals surface area contributed by atoms with Crippen LogP contribution in [0, 0.1) is 18.3 Å². The highest BCUT2D eigenvalue weighted by Gasteiger charge is 2.12. The molecular weight excluding hydrogens is 258 g/mol. The summed E-state index contributed by atoms with van der Waals surface area (Å²) in [6.45, 7) is 4.10. The van der Waals surface area contributed by atoms with Gasteiger partial charge in [-0.3, -0.25) is 0 Å². The molecule has 2 aromatic rings. The molecule has 1 N–H and O–H groups in total. The van der Waals surface area contributed by atoms with Gasteiger partial charge in [-0.15, -0.1) is 0 Å². The van der Waals surface area contributed by atoms with Gasteiger partial charge in [0.2, 0.25) is 0 Å². The zero-order valence-electron chi connectivity index (χ0n) is 10.8. The average Bonchev–Trinajstić information content (AvgIpc) is 2.41. The summed E-state index contributed by atoms with van der Waals surface area (Å²) in [6.07, 6.45) is 1.58. The fourth-order valence-electron chi connectivity index (χ4n) is 1.99. The fraction of sp³-hybridized carbons (Fsp3) is 0.200. The Hall–Kier alpha value is -2.05. The van der Waals surface area contributed by atoms with Gasteiger partial charge in [-0.2, -0.15) is 5.26 Å². The molecule has 3 nitrogen and oxygen atoms in total. The van der Waals surface area contributed by atoms with Crippen LogP contribution in [0.3, 0.4) is 0 Å². The summed E-state index contributed by atoms with van der Waals surface area (Å²) in [5.74, 6) is 0.538. The fourth-order valence-corrected chi connectivity index (χ4v) is 2.19. The van der Waals surface area contributed by atoms with Gasteiger partial charge in [0.15, 0.2) is 0 Å². The van der Waals surface area contributed by atoms with Crippen molar-refractivity contribution < 1.29 is 0 Å². The molecule has 0 saturated heterocycles. The molecule has 0 amide bonds. The van der Waals surface area contributed by atoms with E-state index in [0.29, 0.717) is 16.4 Å². The van der Waals surface area contributed by atoms with Crippen LogP contribution in [0.2, 0.25) is 5.02 Å². The molecule has 19 heavy (non-hydrogen) atoms. The van der Waals surface area contributed by atoms with E-state index in [1.807, 2.05) is 25.1 Å². The summed E-state index contributed by atoms with van der Waals surface area (Å²) in [7, 11) is 0. The molecule has 1 unspecified atom stereocenters. The molecule has 1 atom stereocenters. The van der Waals surface area contributed by atoms with Gasteiger partial charge in [-0.1, -0.05) is 35.9 Å². The summed E-state index contributed by atoms with van der Waals surface area (Å²) in [4.78, 5) is 4.19. The van der Waals surface area contributed by atoms with Gasteiger partial charge in [-0.25, -0.2) is 4.98 Å². The predicted octanol–water partition coefficient (Wildman–Crippen LogP) is 4.09.